The van der Waals surface area contributed by atoms with Gasteiger partial charge in [0.2, 0.25) is 5.95 Å². The van der Waals surface area contributed by atoms with Gasteiger partial charge in [0.1, 0.15) is 5.52 Å². The number of morpholine rings is 1. The number of benzene rings is 1. The highest BCUT2D eigenvalue weighted by molar-refractivity contribution is 7.99. The van der Waals surface area contributed by atoms with Crippen LogP contribution in [0.5, 0.6) is 0 Å². The average Bonchev–Trinajstić information content (AvgIpc) is 3.30. The third kappa shape index (κ3) is 5.97. The second kappa shape index (κ2) is 12.7. The quantitative estimate of drug-likeness (QED) is 0.232. The molecule has 3 heterocycles. The van der Waals surface area contributed by atoms with E-state index >= 15 is 0 Å². The number of imidazole rings is 1. The Balaban J connectivity index is 1.45. The molecule has 3 aromatic rings. The summed E-state index contributed by atoms with van der Waals surface area (Å²) in [7, 11) is 0. The highest BCUT2D eigenvalue weighted by atomic mass is 32.2. The molecule has 216 valence electrons. The fraction of sp³-hybridized carbons (Fsp3) is 0.645. The summed E-state index contributed by atoms with van der Waals surface area (Å²) in [4.78, 5) is 17.7. The molecule has 1 aliphatic heterocycles. The van der Waals surface area contributed by atoms with Crippen molar-refractivity contribution >= 4 is 34.7 Å². The summed E-state index contributed by atoms with van der Waals surface area (Å²) in [6, 6.07) is 11.1. The van der Waals surface area contributed by atoms with E-state index in [1.54, 1.807) is 0 Å². The minimum Gasteiger partial charge on any atom is -0.396 e. The van der Waals surface area contributed by atoms with Crippen LogP contribution >= 0.6 is 11.8 Å². The molecular weight excluding hydrogens is 520 g/mol. The van der Waals surface area contributed by atoms with E-state index in [0.29, 0.717) is 42.0 Å². The average molecular weight is 565 g/mol. The maximum atomic E-state index is 9.49. The monoisotopic (exact) mass is 564 g/mol. The van der Waals surface area contributed by atoms with Gasteiger partial charge in [-0.2, -0.15) is 4.98 Å². The van der Waals surface area contributed by atoms with Crippen LogP contribution in [-0.2, 0) is 11.3 Å². The molecule has 1 aromatic carbocycles. The number of aromatic nitrogens is 4. The third-order valence-electron chi connectivity index (χ3n) is 9.25. The number of fused-ring (bicyclic) bond motifs is 1. The summed E-state index contributed by atoms with van der Waals surface area (Å²) >= 11 is 1.49. The number of anilines is 2. The lowest BCUT2D eigenvalue weighted by molar-refractivity contribution is 0.0927. The van der Waals surface area contributed by atoms with Crippen LogP contribution in [0.15, 0.2) is 35.5 Å². The molecule has 2 N–H and O–H groups in total. The SMILES string of the molecule is CC1CCC(Cn2c(N3CCOC[C@H]3c3ccccc3)nc3nc(SCCO)nc(N[C@H](C)C4CCC4)c32)CC1. The van der Waals surface area contributed by atoms with Gasteiger partial charge >= 0.3 is 0 Å². The van der Waals surface area contributed by atoms with Gasteiger partial charge < -0.3 is 24.6 Å². The van der Waals surface area contributed by atoms with E-state index in [1.165, 1.54) is 62.3 Å². The van der Waals surface area contributed by atoms with Crippen LogP contribution in [0.25, 0.3) is 11.2 Å². The summed E-state index contributed by atoms with van der Waals surface area (Å²) in [6.45, 7) is 7.80. The van der Waals surface area contributed by atoms with Gasteiger partial charge in [-0.1, -0.05) is 68.3 Å². The normalized spacial score (nSPS) is 24.7. The molecular formula is C31H44N6O2S. The van der Waals surface area contributed by atoms with Crippen molar-refractivity contribution in [2.45, 2.75) is 82.6 Å². The van der Waals surface area contributed by atoms with Gasteiger partial charge in [0.25, 0.3) is 0 Å². The fourth-order valence-corrected chi connectivity index (χ4v) is 7.12. The largest absolute Gasteiger partial charge is 0.396 e. The number of aliphatic hydroxyl groups is 1. The van der Waals surface area contributed by atoms with Crippen molar-refractivity contribution in [2.24, 2.45) is 17.8 Å². The van der Waals surface area contributed by atoms with E-state index in [2.05, 4.69) is 59.0 Å². The van der Waals surface area contributed by atoms with Crippen molar-refractivity contribution in [3.8, 4) is 0 Å². The predicted octanol–water partition coefficient (Wildman–Crippen LogP) is 5.92. The van der Waals surface area contributed by atoms with Crippen LogP contribution in [0, 0.1) is 17.8 Å². The smallest absolute Gasteiger partial charge is 0.208 e. The number of hydrogen-bond donors (Lipinski definition) is 2. The molecule has 2 aliphatic carbocycles. The third-order valence-corrected chi connectivity index (χ3v) is 10.1. The molecule has 2 aromatic heterocycles. The Morgan fingerprint density at radius 1 is 1.07 bits per heavy atom. The molecule has 2 atom stereocenters. The van der Waals surface area contributed by atoms with Crippen molar-refractivity contribution in [1.29, 1.82) is 0 Å². The number of nitrogens with one attached hydrogen (secondary N) is 1. The molecule has 3 fully saturated rings. The second-order valence-corrected chi connectivity index (χ2v) is 13.1. The van der Waals surface area contributed by atoms with Crippen LogP contribution in [0.3, 0.4) is 0 Å². The lowest BCUT2D eigenvalue weighted by Gasteiger charge is -2.37. The van der Waals surface area contributed by atoms with Crippen molar-refractivity contribution in [3.05, 3.63) is 35.9 Å². The Bertz CT molecular complexity index is 1260. The zero-order valence-electron chi connectivity index (χ0n) is 24.0. The van der Waals surface area contributed by atoms with Crippen molar-refractivity contribution in [3.63, 3.8) is 0 Å². The predicted molar refractivity (Wildman–Crippen MR) is 162 cm³/mol. The first-order chi connectivity index (χ1) is 19.6. The number of thioether (sulfide) groups is 1. The minimum atomic E-state index is 0.0957. The van der Waals surface area contributed by atoms with E-state index < -0.39 is 0 Å². The summed E-state index contributed by atoms with van der Waals surface area (Å²) in [5.74, 6) is 4.53. The molecule has 9 heteroatoms. The summed E-state index contributed by atoms with van der Waals surface area (Å²) < 4.78 is 8.44. The van der Waals surface area contributed by atoms with Gasteiger partial charge in [-0.15, -0.1) is 0 Å². The second-order valence-electron chi connectivity index (χ2n) is 12.1. The van der Waals surface area contributed by atoms with Gasteiger partial charge in [-0.25, -0.2) is 9.97 Å². The molecule has 3 aliphatic rings. The van der Waals surface area contributed by atoms with Crippen LogP contribution in [0.4, 0.5) is 11.8 Å². The van der Waals surface area contributed by atoms with E-state index in [-0.39, 0.29) is 12.6 Å². The van der Waals surface area contributed by atoms with Gasteiger partial charge in [-0.05, 0) is 55.9 Å². The maximum absolute atomic E-state index is 9.49. The van der Waals surface area contributed by atoms with Crippen LogP contribution in [0.2, 0.25) is 0 Å². The Morgan fingerprint density at radius 3 is 2.60 bits per heavy atom. The van der Waals surface area contributed by atoms with Crippen LogP contribution in [0.1, 0.15) is 70.4 Å². The first kappa shape index (κ1) is 27.8. The number of hydrogen-bond acceptors (Lipinski definition) is 8. The summed E-state index contributed by atoms with van der Waals surface area (Å²) in [6.07, 6.45) is 8.93. The van der Waals surface area contributed by atoms with E-state index in [4.69, 9.17) is 19.7 Å². The minimum absolute atomic E-state index is 0.0957. The summed E-state index contributed by atoms with van der Waals surface area (Å²) in [5, 5.41) is 14.0. The number of aliphatic hydroxyl groups excluding tert-OH is 1. The molecule has 8 nitrogen and oxygen atoms in total. The van der Waals surface area contributed by atoms with Gasteiger partial charge in [0, 0.05) is 24.9 Å². The standard InChI is InChI=1S/C31H44N6O2S/c1-21-11-13-23(14-12-21)19-37-27-28(32-22(2)24-9-6-10-24)33-30(40-18-16-38)34-29(27)35-31(37)36-15-17-39-20-26(36)25-7-4-3-5-8-25/h3-5,7-8,21-24,26,38H,6,9-20H2,1-2H3,(H,32,33,34)/t21?,22-,23?,26+/m1/s1. The Labute approximate surface area is 242 Å². The van der Waals surface area contributed by atoms with Crippen molar-refractivity contribution < 1.29 is 9.84 Å². The Morgan fingerprint density at radius 2 is 1.88 bits per heavy atom. The molecule has 0 unspecified atom stereocenters. The molecule has 6 rings (SSSR count). The lowest BCUT2D eigenvalue weighted by atomic mass is 9.80. The highest BCUT2D eigenvalue weighted by Gasteiger charge is 2.33. The number of rotatable bonds is 10. The maximum Gasteiger partial charge on any atom is 0.208 e. The highest BCUT2D eigenvalue weighted by Crippen LogP contribution is 2.38. The molecule has 0 bridgehead atoms. The fourth-order valence-electron chi connectivity index (χ4n) is 6.54. The number of ether oxygens (including phenoxy) is 1. The van der Waals surface area contributed by atoms with Gasteiger partial charge in [-0.3, -0.25) is 0 Å². The zero-order chi connectivity index (χ0) is 27.5. The van der Waals surface area contributed by atoms with E-state index in [1.807, 2.05) is 0 Å². The summed E-state index contributed by atoms with van der Waals surface area (Å²) in [5.41, 5.74) is 3.01. The zero-order valence-corrected chi connectivity index (χ0v) is 24.8. The molecule has 0 spiro atoms. The first-order valence-electron chi connectivity index (χ1n) is 15.3. The van der Waals surface area contributed by atoms with Crippen molar-refractivity contribution in [1.82, 2.24) is 19.5 Å². The Kier molecular flexibility index (Phi) is 8.79. The van der Waals surface area contributed by atoms with E-state index in [9.17, 15) is 5.11 Å². The molecule has 0 radical (unpaired) electrons. The molecule has 0 amide bonds. The van der Waals surface area contributed by atoms with Crippen LogP contribution < -0.4 is 10.2 Å². The first-order valence-corrected chi connectivity index (χ1v) is 16.3. The van der Waals surface area contributed by atoms with Gasteiger partial charge in [0.15, 0.2) is 16.6 Å². The lowest BCUT2D eigenvalue weighted by Crippen LogP contribution is -2.41. The molecule has 40 heavy (non-hydrogen) atoms. The topological polar surface area (TPSA) is 88.3 Å². The molecule has 1 saturated heterocycles. The van der Waals surface area contributed by atoms with E-state index in [0.717, 1.165) is 41.9 Å². The van der Waals surface area contributed by atoms with Gasteiger partial charge in [0.05, 0.1) is 25.9 Å². The van der Waals surface area contributed by atoms with Crippen molar-refractivity contribution in [2.75, 3.05) is 42.3 Å². The number of nitrogens with zero attached hydrogens (tertiary/aromatic N) is 5. The molecule has 2 saturated carbocycles. The Hall–Kier alpha value is -2.36. The van der Waals surface area contributed by atoms with Crippen LogP contribution in [-0.4, -0.2) is 62.8 Å².